The molecule has 2 bridgehead atoms. The van der Waals surface area contributed by atoms with Crippen LogP contribution in [0.25, 0.3) is 0 Å². The van der Waals surface area contributed by atoms with Gasteiger partial charge < -0.3 is 62.3 Å². The van der Waals surface area contributed by atoms with Crippen LogP contribution in [0.1, 0.15) is 159 Å². The summed E-state index contributed by atoms with van der Waals surface area (Å²) in [5, 5.41) is 92.5. The van der Waals surface area contributed by atoms with Crippen LogP contribution in [0.3, 0.4) is 0 Å². The van der Waals surface area contributed by atoms with Crippen molar-refractivity contribution in [3.8, 4) is 17.6 Å². The van der Waals surface area contributed by atoms with Gasteiger partial charge in [0.05, 0.1) is 54.3 Å². The molecule has 3 heterocycles. The van der Waals surface area contributed by atoms with E-state index in [-0.39, 0.29) is 128 Å². The number of carbonyl (C=O) groups is 3. The lowest BCUT2D eigenvalue weighted by Crippen LogP contribution is -2.69. The molecule has 22 atom stereocenters. The Morgan fingerprint density at radius 1 is 0.897 bits per heavy atom. The lowest BCUT2D eigenvalue weighted by atomic mass is 9.39. The standard InChI is InChI=1S/C69H95N5O11S2/c1-37-12-13-40-16-19-47-38(2)27-56(79)66(3,83)63-42(9-7-8-41(28-49(47)48(40)26-37)50-34-85-64(82)57(50)43-21-24-72-32-43)30-69(84)59-52(20-22-67(63,69)23-25-73-65(70)71)68(45-10-5-4-6-11-45)31-55(78)61(80)51-36-87-86-35-44(39-14-17-46(76)18-15-39)29-54(77)53(33-75)74-60(59)62(81)58(51)68/h14-18,21,24,32,37-38,41-42,44-45,47-53,55-58,61,63,72,74-76,78-80,83-84H,4-6,9-13,19-20,22-23,25-31,33-36H2,1-3H3,(H4,70,71,73). The molecule has 1 aromatic heterocycles. The van der Waals surface area contributed by atoms with E-state index in [1.54, 1.807) is 42.0 Å². The summed E-state index contributed by atoms with van der Waals surface area (Å²) in [4.78, 5) is 53.6. The average Bonchev–Trinajstić information content (AvgIpc) is 1.65. The number of ether oxygens (including phenoxy) is 1. The van der Waals surface area contributed by atoms with Crippen molar-refractivity contribution in [2.75, 3.05) is 31.3 Å². The Morgan fingerprint density at radius 2 is 1.67 bits per heavy atom. The predicted molar refractivity (Wildman–Crippen MR) is 336 cm³/mol. The molecule has 7 fully saturated rings. The molecule has 474 valence electrons. The molecule has 0 spiro atoms. The topological polar surface area (TPSA) is 294 Å². The van der Waals surface area contributed by atoms with Gasteiger partial charge >= 0.3 is 5.97 Å². The second-order valence-corrected chi connectivity index (χ2v) is 31.6. The molecule has 87 heavy (non-hydrogen) atoms. The van der Waals surface area contributed by atoms with Crippen molar-refractivity contribution in [3.63, 3.8) is 0 Å². The molecular formula is C69H95N5O11S2. The van der Waals surface area contributed by atoms with E-state index in [0.717, 1.165) is 75.3 Å². The molecule has 2 aliphatic heterocycles. The van der Waals surface area contributed by atoms with E-state index in [9.17, 15) is 35.4 Å². The summed E-state index contributed by atoms with van der Waals surface area (Å²) < 4.78 is 6.00. The molecule has 13 N–H and O–H groups in total. The number of aromatic hydroxyl groups is 1. The van der Waals surface area contributed by atoms with Crippen LogP contribution in [0.2, 0.25) is 0 Å². The highest BCUT2D eigenvalue weighted by Crippen LogP contribution is 2.75. The summed E-state index contributed by atoms with van der Waals surface area (Å²) in [7, 11) is 3.06. The van der Waals surface area contributed by atoms with Gasteiger partial charge in [-0.1, -0.05) is 84.4 Å². The molecule has 1 aromatic carbocycles. The van der Waals surface area contributed by atoms with Crippen LogP contribution in [0, 0.1) is 99.6 Å². The van der Waals surface area contributed by atoms with E-state index in [1.807, 2.05) is 18.5 Å². The van der Waals surface area contributed by atoms with E-state index < -0.39 is 88.5 Å². The number of cyclic esters (lactones) is 1. The number of ketones is 2. The number of carbonyl (C=O) groups excluding carboxylic acids is 3. The van der Waals surface area contributed by atoms with Crippen molar-refractivity contribution in [3.05, 3.63) is 76.8 Å². The minimum atomic E-state index is -1.96. The zero-order valence-corrected chi connectivity index (χ0v) is 52.7. The van der Waals surface area contributed by atoms with Gasteiger partial charge in [-0.3, -0.25) is 19.4 Å². The maximum atomic E-state index is 16.8. The monoisotopic (exact) mass is 1230 g/mol. The first kappa shape index (κ1) is 62.9. The third-order valence-corrected chi connectivity index (χ3v) is 27.2. The fourth-order valence-corrected chi connectivity index (χ4v) is 23.6. The van der Waals surface area contributed by atoms with Gasteiger partial charge in [0.2, 0.25) is 0 Å². The van der Waals surface area contributed by atoms with E-state index in [0.29, 0.717) is 41.8 Å². The number of hydrogen-bond acceptors (Lipinski definition) is 15. The number of Topliss-reactive ketones (excluding diaryl/α,β-unsaturated/α-hetero) is 2. The molecule has 12 rings (SSSR count). The predicted octanol–water partition coefficient (Wildman–Crippen LogP) is 7.80. The molecule has 2 saturated heterocycles. The molecule has 8 aliphatic carbocycles. The van der Waals surface area contributed by atoms with Crippen molar-refractivity contribution < 1.29 is 54.9 Å². The zero-order chi connectivity index (χ0) is 61.3. The smallest absolute Gasteiger partial charge is 0.313 e. The molecule has 16 nitrogen and oxygen atoms in total. The molecule has 0 amide bonds. The zero-order valence-electron chi connectivity index (χ0n) is 51.0. The summed E-state index contributed by atoms with van der Waals surface area (Å²) in [6.45, 7) is 5.87. The summed E-state index contributed by atoms with van der Waals surface area (Å²) in [6.07, 6.45) is 13.1. The lowest BCUT2D eigenvalue weighted by molar-refractivity contribution is -0.205. The van der Waals surface area contributed by atoms with Crippen LogP contribution in [-0.4, -0.2) is 131 Å². The van der Waals surface area contributed by atoms with E-state index in [1.165, 1.54) is 16.4 Å². The fourth-order valence-electron chi connectivity index (χ4n) is 20.8. The summed E-state index contributed by atoms with van der Waals surface area (Å²) in [5.74, 6) is 3.32. The number of rotatable bonds is 8. The van der Waals surface area contributed by atoms with E-state index in [2.05, 4.69) is 47.1 Å². The quantitative estimate of drug-likeness (QED) is 0.0300. The van der Waals surface area contributed by atoms with Gasteiger partial charge in [0, 0.05) is 84.2 Å². The van der Waals surface area contributed by atoms with Gasteiger partial charge in [-0.25, -0.2) is 0 Å². The molecule has 22 unspecified atom stereocenters. The third-order valence-electron chi connectivity index (χ3n) is 24.7. The first-order chi connectivity index (χ1) is 41.7. The molecule has 2 aromatic rings. The van der Waals surface area contributed by atoms with Gasteiger partial charge in [0.15, 0.2) is 17.5 Å². The number of aliphatic hydroxyl groups is 6. The Balaban J connectivity index is 1.05. The van der Waals surface area contributed by atoms with E-state index in [4.69, 9.17) is 16.2 Å². The Hall–Kier alpha value is -4.32. The first-order valence-electron chi connectivity index (χ1n) is 33.0. The number of aliphatic hydroxyl groups excluding tert-OH is 4. The Kier molecular flexibility index (Phi) is 18.1. The number of phenolic OH excluding ortho intramolecular Hbond substituents is 1. The summed E-state index contributed by atoms with van der Waals surface area (Å²) in [5.41, 5.74) is 9.80. The second-order valence-electron chi connectivity index (χ2n) is 29.1. The van der Waals surface area contributed by atoms with Crippen LogP contribution in [-0.2, 0) is 19.1 Å². The molecule has 10 aliphatic rings. The highest BCUT2D eigenvalue weighted by atomic mass is 33.1. The highest BCUT2D eigenvalue weighted by Gasteiger charge is 2.76. The number of hydrogen-bond donors (Lipinski definition) is 11. The fraction of sp³-hybridized carbons (Fsp3) is 0.710. The average molecular weight is 1230 g/mol. The van der Waals surface area contributed by atoms with Gasteiger partial charge in [0.25, 0.3) is 0 Å². The van der Waals surface area contributed by atoms with E-state index >= 15 is 14.7 Å². The number of allylic oxidation sites excluding steroid dienone is 3. The number of phenols is 1. The normalized spacial score (nSPS) is 43.6. The molecule has 0 radical (unpaired) electrons. The maximum Gasteiger partial charge on any atom is 0.313 e. The van der Waals surface area contributed by atoms with Crippen LogP contribution in [0.15, 0.2) is 70.6 Å². The van der Waals surface area contributed by atoms with Crippen LogP contribution >= 0.6 is 21.6 Å². The van der Waals surface area contributed by atoms with Crippen molar-refractivity contribution in [2.45, 2.75) is 184 Å². The Bertz CT molecular complexity index is 3020. The summed E-state index contributed by atoms with van der Waals surface area (Å²) in [6, 6.07) is 7.41. The SMILES string of the molecule is CC1CCC2=CCC3C(C)CC(O)C(C)(O)C4C(CC#CC(C5COC(=O)C5c5cc[nH]c5)CC3C2C1)CC1(O)C2=C3NC(CO)C(=O)CC(c5ccc(O)cc5)CSSCC5C(O)C(O)CC(C6CCCCC6)(C2CCC41CCN=C(N)N)C5C3=O. The number of aliphatic imine (C=N–C) groups is 1. The van der Waals surface area contributed by atoms with Gasteiger partial charge in [-0.05, 0) is 178 Å². The van der Waals surface area contributed by atoms with Crippen molar-refractivity contribution in [1.82, 2.24) is 10.3 Å². The van der Waals surface area contributed by atoms with Crippen molar-refractivity contribution >= 4 is 45.1 Å². The minimum Gasteiger partial charge on any atom is -0.508 e. The number of nitrogens with one attached hydrogen (secondary N) is 2. The van der Waals surface area contributed by atoms with Gasteiger partial charge in [-0.2, -0.15) is 0 Å². The second kappa shape index (κ2) is 25.1. The Labute approximate surface area is 521 Å². The molecule has 5 saturated carbocycles. The van der Waals surface area contributed by atoms with Gasteiger partial charge in [0.1, 0.15) is 11.8 Å². The molecule has 18 heteroatoms. The summed E-state index contributed by atoms with van der Waals surface area (Å²) >= 11 is 0. The first-order valence-corrected chi connectivity index (χ1v) is 35.4. The number of guanidine groups is 1. The van der Waals surface area contributed by atoms with Crippen molar-refractivity contribution in [2.24, 2.45) is 104 Å². The molecular weight excluding hydrogens is 1140 g/mol. The minimum absolute atomic E-state index is 0.00419. The van der Waals surface area contributed by atoms with Crippen LogP contribution in [0.5, 0.6) is 5.75 Å². The number of fused-ring (bicyclic) bond motifs is 10. The number of nitrogens with two attached hydrogens (primary N) is 2. The number of benzene rings is 1. The number of nitrogens with zero attached hydrogens (tertiary/aromatic N) is 1. The Morgan fingerprint density at radius 3 is 2.40 bits per heavy atom. The number of aromatic nitrogens is 1. The number of H-pyrrole nitrogens is 1. The number of aromatic amines is 1. The number of esters is 1. The van der Waals surface area contributed by atoms with Crippen LogP contribution in [0.4, 0.5) is 0 Å². The highest BCUT2D eigenvalue weighted by molar-refractivity contribution is 8.76. The van der Waals surface area contributed by atoms with Gasteiger partial charge in [-0.15, -0.1) is 5.92 Å². The largest absolute Gasteiger partial charge is 0.508 e. The van der Waals surface area contributed by atoms with Crippen LogP contribution < -0.4 is 16.8 Å². The lowest BCUT2D eigenvalue weighted by Gasteiger charge is -2.66. The third kappa shape index (κ3) is 11.0. The maximum absolute atomic E-state index is 16.8. The van der Waals surface area contributed by atoms with Crippen molar-refractivity contribution in [1.29, 1.82) is 0 Å².